The normalized spacial score (nSPS) is 13.7. The molecule has 132 valence electrons. The van der Waals surface area contributed by atoms with Crippen LogP contribution in [0, 0.1) is 6.92 Å². The number of nitrogens with zero attached hydrogens (tertiary/aromatic N) is 3. The van der Waals surface area contributed by atoms with Crippen LogP contribution in [-0.2, 0) is 0 Å². The zero-order valence-corrected chi connectivity index (χ0v) is 14.4. The molecule has 2 aromatic heterocycles. The van der Waals surface area contributed by atoms with Gasteiger partial charge in [0.05, 0.1) is 13.3 Å². The molecule has 0 unspecified atom stereocenters. The Bertz CT molecular complexity index is 1040. The van der Waals surface area contributed by atoms with Crippen molar-refractivity contribution >= 4 is 34.7 Å². The largest absolute Gasteiger partial charge is 0.494 e. The van der Waals surface area contributed by atoms with Gasteiger partial charge in [-0.1, -0.05) is 0 Å². The lowest BCUT2D eigenvalue weighted by molar-refractivity contribution is 0.0994. The van der Waals surface area contributed by atoms with Crippen molar-refractivity contribution in [2.75, 3.05) is 12.4 Å². The van der Waals surface area contributed by atoms with E-state index in [9.17, 15) is 4.79 Å². The van der Waals surface area contributed by atoms with Gasteiger partial charge in [0.2, 0.25) is 11.7 Å². The van der Waals surface area contributed by atoms with Crippen LogP contribution in [0.25, 0.3) is 16.6 Å². The number of anilines is 1. The molecule has 0 bridgehead atoms. The first-order chi connectivity index (χ1) is 12.7. The van der Waals surface area contributed by atoms with Gasteiger partial charge in [0, 0.05) is 24.9 Å². The molecule has 0 atom stereocenters. The summed E-state index contributed by atoms with van der Waals surface area (Å²) in [5.74, 6) is 1.08. The van der Waals surface area contributed by atoms with Crippen LogP contribution in [0.15, 0.2) is 33.9 Å². The molecule has 0 fully saturated rings. The number of imidazole rings is 1. The number of hydrogen-bond donors (Lipinski definition) is 2. The highest BCUT2D eigenvalue weighted by molar-refractivity contribution is 6.03. The molecule has 1 aliphatic rings. The average Bonchev–Trinajstić information content (AvgIpc) is 3.27. The van der Waals surface area contributed by atoms with E-state index in [4.69, 9.17) is 9.15 Å². The molecule has 1 amide bonds. The van der Waals surface area contributed by atoms with E-state index in [0.717, 1.165) is 29.5 Å². The van der Waals surface area contributed by atoms with Crippen molar-refractivity contribution in [2.45, 2.75) is 19.8 Å². The van der Waals surface area contributed by atoms with Crippen LogP contribution in [0.2, 0.25) is 0 Å². The van der Waals surface area contributed by atoms with Crippen molar-refractivity contribution in [2.24, 2.45) is 4.99 Å². The van der Waals surface area contributed by atoms with Crippen LogP contribution in [0.3, 0.4) is 0 Å². The van der Waals surface area contributed by atoms with E-state index in [1.165, 1.54) is 6.20 Å². The van der Waals surface area contributed by atoms with Crippen LogP contribution in [0.1, 0.15) is 34.9 Å². The van der Waals surface area contributed by atoms with E-state index in [1.807, 2.05) is 24.5 Å². The maximum absolute atomic E-state index is 12.3. The Kier molecular flexibility index (Phi) is 4.00. The number of methoxy groups -OCH3 is 1. The summed E-state index contributed by atoms with van der Waals surface area (Å²) in [6.07, 6.45) is 6.88. The molecule has 2 N–H and O–H groups in total. The number of ether oxygens (including phenoxy) is 1. The number of nitrogens with one attached hydrogen (secondary N) is 2. The van der Waals surface area contributed by atoms with Crippen molar-refractivity contribution in [3.05, 3.63) is 41.7 Å². The molecule has 0 spiro atoms. The summed E-state index contributed by atoms with van der Waals surface area (Å²) >= 11 is 0. The minimum absolute atomic E-state index is 0.125. The van der Waals surface area contributed by atoms with Gasteiger partial charge in [0.1, 0.15) is 16.8 Å². The summed E-state index contributed by atoms with van der Waals surface area (Å²) in [7, 11) is 1.59. The van der Waals surface area contributed by atoms with Crippen LogP contribution in [0.5, 0.6) is 5.75 Å². The third-order valence-corrected chi connectivity index (χ3v) is 4.13. The van der Waals surface area contributed by atoms with Gasteiger partial charge in [-0.3, -0.25) is 15.1 Å². The van der Waals surface area contributed by atoms with Gasteiger partial charge in [-0.05, 0) is 30.5 Å². The van der Waals surface area contributed by atoms with Crippen LogP contribution in [0.4, 0.5) is 5.95 Å². The van der Waals surface area contributed by atoms with Gasteiger partial charge in [0.15, 0.2) is 5.89 Å². The molecule has 8 heteroatoms. The van der Waals surface area contributed by atoms with Gasteiger partial charge < -0.3 is 14.1 Å². The van der Waals surface area contributed by atoms with E-state index in [-0.39, 0.29) is 5.76 Å². The Labute approximate surface area is 149 Å². The molecule has 0 saturated carbocycles. The van der Waals surface area contributed by atoms with Crippen LogP contribution >= 0.6 is 0 Å². The smallest absolute Gasteiger partial charge is 0.295 e. The SMILES string of the molecule is COc1ccc(C2=CN=CCC2)c2nc(NC(=O)c3cnc(C)o3)[nH]c12. The molecule has 3 heterocycles. The predicted octanol–water partition coefficient (Wildman–Crippen LogP) is 3.33. The zero-order chi connectivity index (χ0) is 18.1. The van der Waals surface area contributed by atoms with Gasteiger partial charge in [0.25, 0.3) is 5.91 Å². The minimum atomic E-state index is -0.424. The number of fused-ring (bicyclic) bond motifs is 1. The van der Waals surface area contributed by atoms with Crippen molar-refractivity contribution in [3.8, 4) is 5.75 Å². The summed E-state index contributed by atoms with van der Waals surface area (Å²) in [4.78, 5) is 28.1. The van der Waals surface area contributed by atoms with Gasteiger partial charge in [-0.2, -0.15) is 0 Å². The van der Waals surface area contributed by atoms with E-state index in [2.05, 4.69) is 25.3 Å². The Balaban J connectivity index is 1.74. The van der Waals surface area contributed by atoms with Crippen molar-refractivity contribution in [1.82, 2.24) is 15.0 Å². The summed E-state index contributed by atoms with van der Waals surface area (Å²) in [5.41, 5.74) is 3.49. The Hall–Kier alpha value is -3.42. The number of rotatable bonds is 4. The highest BCUT2D eigenvalue weighted by Gasteiger charge is 2.18. The molecular weight excluding hydrogens is 334 g/mol. The third-order valence-electron chi connectivity index (χ3n) is 4.13. The van der Waals surface area contributed by atoms with Crippen molar-refractivity contribution < 1.29 is 13.9 Å². The number of carbonyl (C=O) groups is 1. The number of aromatic nitrogens is 3. The summed E-state index contributed by atoms with van der Waals surface area (Å²) in [5, 5.41) is 2.70. The van der Waals surface area contributed by atoms with E-state index in [0.29, 0.717) is 23.1 Å². The first kappa shape index (κ1) is 16.1. The Morgan fingerprint density at radius 1 is 1.38 bits per heavy atom. The third kappa shape index (κ3) is 2.85. The number of H-pyrrole nitrogens is 1. The highest BCUT2D eigenvalue weighted by atomic mass is 16.5. The number of aliphatic imine (C=N–C) groups is 1. The number of allylic oxidation sites excluding steroid dienone is 1. The molecule has 4 rings (SSSR count). The summed E-state index contributed by atoms with van der Waals surface area (Å²) in [6, 6.07) is 3.83. The first-order valence-electron chi connectivity index (χ1n) is 8.17. The second kappa shape index (κ2) is 6.47. The number of hydrogen-bond acceptors (Lipinski definition) is 6. The molecule has 0 aliphatic carbocycles. The van der Waals surface area contributed by atoms with Gasteiger partial charge in [-0.25, -0.2) is 9.97 Å². The quantitative estimate of drug-likeness (QED) is 0.750. The molecule has 1 aliphatic heterocycles. The second-order valence-corrected chi connectivity index (χ2v) is 5.85. The fraction of sp³-hybridized carbons (Fsp3) is 0.222. The number of aromatic amines is 1. The Morgan fingerprint density at radius 3 is 2.96 bits per heavy atom. The van der Waals surface area contributed by atoms with Crippen LogP contribution in [-0.4, -0.2) is 34.2 Å². The zero-order valence-electron chi connectivity index (χ0n) is 14.4. The van der Waals surface area contributed by atoms with E-state index in [1.54, 1.807) is 14.0 Å². The van der Waals surface area contributed by atoms with Gasteiger partial charge in [-0.15, -0.1) is 0 Å². The average molecular weight is 351 g/mol. The Morgan fingerprint density at radius 2 is 2.27 bits per heavy atom. The van der Waals surface area contributed by atoms with E-state index >= 15 is 0 Å². The number of oxazole rings is 1. The molecule has 0 saturated heterocycles. The monoisotopic (exact) mass is 351 g/mol. The molecular formula is C18H17N5O3. The number of benzene rings is 1. The second-order valence-electron chi connectivity index (χ2n) is 5.85. The standard InChI is InChI=1S/C18H17N5O3/c1-10-20-9-14(26-10)17(24)23-18-21-15-12(11-4-3-7-19-8-11)5-6-13(25-2)16(15)22-18/h5-9H,3-4H2,1-2H3,(H2,21,22,23,24). The highest BCUT2D eigenvalue weighted by Crippen LogP contribution is 2.34. The fourth-order valence-electron chi connectivity index (χ4n) is 2.90. The summed E-state index contributed by atoms with van der Waals surface area (Å²) in [6.45, 7) is 1.68. The lowest BCUT2D eigenvalue weighted by atomic mass is 9.99. The maximum Gasteiger partial charge on any atom is 0.295 e. The van der Waals surface area contributed by atoms with Crippen molar-refractivity contribution in [3.63, 3.8) is 0 Å². The van der Waals surface area contributed by atoms with Gasteiger partial charge >= 0.3 is 0 Å². The topological polar surface area (TPSA) is 105 Å². The van der Waals surface area contributed by atoms with E-state index < -0.39 is 5.91 Å². The molecule has 3 aromatic rings. The van der Waals surface area contributed by atoms with Crippen LogP contribution < -0.4 is 10.1 Å². The predicted molar refractivity (Wildman–Crippen MR) is 97.5 cm³/mol. The summed E-state index contributed by atoms with van der Waals surface area (Å²) < 4.78 is 10.7. The minimum Gasteiger partial charge on any atom is -0.494 e. The molecule has 0 radical (unpaired) electrons. The first-order valence-corrected chi connectivity index (χ1v) is 8.17. The molecule has 1 aromatic carbocycles. The lowest BCUT2D eigenvalue weighted by Gasteiger charge is -2.10. The van der Waals surface area contributed by atoms with Crippen molar-refractivity contribution in [1.29, 1.82) is 0 Å². The maximum atomic E-state index is 12.3. The fourth-order valence-corrected chi connectivity index (χ4v) is 2.90. The number of aryl methyl sites for hydroxylation is 1. The number of amides is 1. The molecule has 26 heavy (non-hydrogen) atoms. The number of carbonyl (C=O) groups excluding carboxylic acids is 1. The molecule has 8 nitrogen and oxygen atoms in total. The lowest BCUT2D eigenvalue weighted by Crippen LogP contribution is -2.11.